The maximum Gasteiger partial charge on any atom is 0.339 e. The van der Waals surface area contributed by atoms with Crippen LogP contribution in [0.2, 0.25) is 0 Å². The molecule has 0 bridgehead atoms. The fourth-order valence-electron chi connectivity index (χ4n) is 2.66. The van der Waals surface area contributed by atoms with Gasteiger partial charge in [0.15, 0.2) is 0 Å². The predicted octanol–water partition coefficient (Wildman–Crippen LogP) is 2.01. The van der Waals surface area contributed by atoms with E-state index >= 15 is 0 Å². The third-order valence-electron chi connectivity index (χ3n) is 4.16. The van der Waals surface area contributed by atoms with Gasteiger partial charge in [0.05, 0.1) is 10.5 Å². The highest BCUT2D eigenvalue weighted by Gasteiger charge is 2.17. The Hall–Kier alpha value is -3.17. The largest absolute Gasteiger partial charge is 0.490 e. The van der Waals surface area contributed by atoms with Gasteiger partial charge in [0, 0.05) is 31.1 Å². The number of pyridine rings is 1. The molecular weight excluding hydrogens is 396 g/mol. The Labute approximate surface area is 167 Å². The Morgan fingerprint density at radius 3 is 2.41 bits per heavy atom. The number of hydrogen-bond acceptors (Lipinski definition) is 6. The molecule has 3 aromatic rings. The molecule has 0 saturated heterocycles. The van der Waals surface area contributed by atoms with E-state index in [1.165, 1.54) is 44.4 Å². The zero-order chi connectivity index (χ0) is 21.0. The minimum atomic E-state index is -3.50. The number of nitrogens with one attached hydrogen (secondary N) is 1. The van der Waals surface area contributed by atoms with Gasteiger partial charge in [0.2, 0.25) is 15.6 Å². The van der Waals surface area contributed by atoms with Gasteiger partial charge < -0.3 is 14.5 Å². The summed E-state index contributed by atoms with van der Waals surface area (Å²) in [6.07, 6.45) is 0. The fraction of sp³-hybridized carbons (Fsp3) is 0.200. The summed E-state index contributed by atoms with van der Waals surface area (Å²) < 4.78 is 35.9. The van der Waals surface area contributed by atoms with Gasteiger partial charge in [-0.25, -0.2) is 17.5 Å². The third kappa shape index (κ3) is 4.64. The van der Waals surface area contributed by atoms with Crippen molar-refractivity contribution >= 4 is 26.9 Å². The van der Waals surface area contributed by atoms with Crippen molar-refractivity contribution in [3.05, 3.63) is 70.5 Å². The predicted molar refractivity (Wildman–Crippen MR) is 108 cm³/mol. The van der Waals surface area contributed by atoms with Crippen molar-refractivity contribution in [3.63, 3.8) is 0 Å². The Balaban J connectivity index is 1.59. The lowest BCUT2D eigenvalue weighted by Crippen LogP contribution is -2.22. The van der Waals surface area contributed by atoms with Crippen LogP contribution in [0.4, 0.5) is 0 Å². The topological polar surface area (TPSA) is 106 Å². The maximum absolute atomic E-state index is 12.3. The van der Waals surface area contributed by atoms with Crippen molar-refractivity contribution in [1.29, 1.82) is 0 Å². The number of esters is 1. The molecule has 8 nitrogen and oxygen atoms in total. The molecule has 1 N–H and O–H groups in total. The zero-order valence-electron chi connectivity index (χ0n) is 15.9. The van der Waals surface area contributed by atoms with E-state index in [1.807, 2.05) is 0 Å². The number of aromatic nitrogens is 1. The summed E-state index contributed by atoms with van der Waals surface area (Å²) >= 11 is 0. The number of carbonyl (C=O) groups is 1. The van der Waals surface area contributed by atoms with Gasteiger partial charge in [-0.2, -0.15) is 0 Å². The Morgan fingerprint density at radius 2 is 1.72 bits per heavy atom. The molecule has 0 fully saturated rings. The first-order valence-electron chi connectivity index (χ1n) is 8.73. The molecule has 1 heterocycles. The lowest BCUT2D eigenvalue weighted by atomic mass is 10.1. The van der Waals surface area contributed by atoms with E-state index in [2.05, 4.69) is 4.98 Å². The van der Waals surface area contributed by atoms with E-state index in [1.54, 1.807) is 24.3 Å². The normalized spacial score (nSPS) is 11.6. The lowest BCUT2D eigenvalue weighted by Gasteiger charge is -2.12. The molecule has 0 unspecified atom stereocenters. The van der Waals surface area contributed by atoms with Crippen LogP contribution in [0.3, 0.4) is 0 Å². The quantitative estimate of drug-likeness (QED) is 0.467. The lowest BCUT2D eigenvalue weighted by molar-refractivity contribution is 0.0452. The van der Waals surface area contributed by atoms with E-state index < -0.39 is 16.0 Å². The number of ether oxygens (including phenoxy) is 2. The Bertz CT molecular complexity index is 1180. The van der Waals surface area contributed by atoms with Crippen molar-refractivity contribution in [2.75, 3.05) is 27.3 Å². The van der Waals surface area contributed by atoms with Gasteiger partial charge in [-0.15, -0.1) is 0 Å². The number of rotatable bonds is 7. The van der Waals surface area contributed by atoms with Crippen molar-refractivity contribution in [2.24, 2.45) is 0 Å². The van der Waals surface area contributed by atoms with Crippen molar-refractivity contribution < 1.29 is 22.7 Å². The molecule has 0 aliphatic heterocycles. The molecule has 0 radical (unpaired) electrons. The first-order chi connectivity index (χ1) is 13.8. The van der Waals surface area contributed by atoms with Gasteiger partial charge in [0.1, 0.15) is 19.0 Å². The van der Waals surface area contributed by atoms with E-state index in [-0.39, 0.29) is 29.2 Å². The first kappa shape index (κ1) is 20.6. The van der Waals surface area contributed by atoms with Crippen molar-refractivity contribution in [1.82, 2.24) is 9.29 Å². The molecule has 152 valence electrons. The number of carbonyl (C=O) groups excluding carboxylic acids is 1. The van der Waals surface area contributed by atoms with Gasteiger partial charge in [-0.3, -0.25) is 4.79 Å². The molecule has 0 amide bonds. The van der Waals surface area contributed by atoms with E-state index in [9.17, 15) is 18.0 Å². The van der Waals surface area contributed by atoms with Gasteiger partial charge in [-0.1, -0.05) is 18.2 Å². The molecular formula is C20H20N2O6S. The summed E-state index contributed by atoms with van der Waals surface area (Å²) in [5.41, 5.74) is 0.346. The smallest absolute Gasteiger partial charge is 0.339 e. The standard InChI is InChI=1S/C20H20N2O6S/c1-22(2)29(25,26)15-9-7-14(8-10-15)27-11-12-28-20(24)17-13-19(23)21-18-6-4-3-5-16(17)18/h3-10,13H,11-12H2,1-2H3,(H,21,23). The van der Waals surface area contributed by atoms with Crippen LogP contribution >= 0.6 is 0 Å². The molecule has 2 aromatic carbocycles. The third-order valence-corrected chi connectivity index (χ3v) is 5.99. The minimum Gasteiger partial charge on any atom is -0.490 e. The summed E-state index contributed by atoms with van der Waals surface area (Å²) in [6.45, 7) is 0.0460. The maximum atomic E-state index is 12.3. The number of sulfonamides is 1. The molecule has 0 aliphatic rings. The second kappa shape index (κ2) is 8.46. The van der Waals surface area contributed by atoms with Crippen LogP contribution in [0.1, 0.15) is 10.4 Å². The van der Waals surface area contributed by atoms with Gasteiger partial charge in [0.25, 0.3) is 0 Å². The molecule has 0 aliphatic carbocycles. The highest BCUT2D eigenvalue weighted by molar-refractivity contribution is 7.89. The average Bonchev–Trinajstić information content (AvgIpc) is 2.70. The molecule has 0 spiro atoms. The summed E-state index contributed by atoms with van der Waals surface area (Å²) in [5.74, 6) is -0.177. The van der Waals surface area contributed by atoms with Crippen molar-refractivity contribution in [3.8, 4) is 5.75 Å². The average molecular weight is 416 g/mol. The number of nitrogens with zero attached hydrogens (tertiary/aromatic N) is 1. The number of hydrogen-bond donors (Lipinski definition) is 1. The first-order valence-corrected chi connectivity index (χ1v) is 10.2. The van der Waals surface area contributed by atoms with Crippen LogP contribution < -0.4 is 10.3 Å². The summed E-state index contributed by atoms with van der Waals surface area (Å²) in [6, 6.07) is 14.1. The molecule has 3 rings (SSSR count). The summed E-state index contributed by atoms with van der Waals surface area (Å²) in [7, 11) is -0.589. The molecule has 0 atom stereocenters. The van der Waals surface area contributed by atoms with Crippen LogP contribution in [-0.2, 0) is 14.8 Å². The molecule has 29 heavy (non-hydrogen) atoms. The van der Waals surface area contributed by atoms with Crippen molar-refractivity contribution in [2.45, 2.75) is 4.90 Å². The number of fused-ring (bicyclic) bond motifs is 1. The Kier molecular flexibility index (Phi) is 6.00. The van der Waals surface area contributed by atoms with Gasteiger partial charge >= 0.3 is 5.97 Å². The van der Waals surface area contributed by atoms with Crippen LogP contribution in [0.15, 0.2) is 64.3 Å². The van der Waals surface area contributed by atoms with Crippen LogP contribution in [-0.4, -0.2) is 51.0 Å². The zero-order valence-corrected chi connectivity index (χ0v) is 16.7. The van der Waals surface area contributed by atoms with Gasteiger partial charge in [-0.05, 0) is 30.3 Å². The highest BCUT2D eigenvalue weighted by atomic mass is 32.2. The molecule has 1 aromatic heterocycles. The van der Waals surface area contributed by atoms with E-state index in [0.29, 0.717) is 16.7 Å². The number of para-hydroxylation sites is 1. The SMILES string of the molecule is CN(C)S(=O)(=O)c1ccc(OCCOC(=O)c2cc(=O)[nH]c3ccccc23)cc1. The second-order valence-electron chi connectivity index (χ2n) is 6.34. The minimum absolute atomic E-state index is 0.0301. The monoisotopic (exact) mass is 416 g/mol. The number of benzene rings is 2. The van der Waals surface area contributed by atoms with Crippen LogP contribution in [0.5, 0.6) is 5.75 Å². The van der Waals surface area contributed by atoms with Crippen LogP contribution in [0.25, 0.3) is 10.9 Å². The fourth-order valence-corrected chi connectivity index (χ4v) is 3.57. The molecule has 0 saturated carbocycles. The van der Waals surface area contributed by atoms with Crippen LogP contribution in [0, 0.1) is 0 Å². The number of aromatic amines is 1. The highest BCUT2D eigenvalue weighted by Crippen LogP contribution is 2.18. The number of H-pyrrole nitrogens is 1. The summed E-state index contributed by atoms with van der Waals surface area (Å²) in [5, 5.41) is 0.593. The Morgan fingerprint density at radius 1 is 1.03 bits per heavy atom. The molecule has 9 heteroatoms. The van der Waals surface area contributed by atoms with E-state index in [0.717, 1.165) is 4.31 Å². The second-order valence-corrected chi connectivity index (χ2v) is 8.49. The summed E-state index contributed by atoms with van der Waals surface area (Å²) in [4.78, 5) is 26.9. The van der Waals surface area contributed by atoms with E-state index in [4.69, 9.17) is 9.47 Å².